The van der Waals surface area contributed by atoms with Gasteiger partial charge in [0, 0.05) is 11.6 Å². The number of ether oxygens (including phenoxy) is 1. The third-order valence-corrected chi connectivity index (χ3v) is 3.42. The fourth-order valence-corrected chi connectivity index (χ4v) is 2.28. The molecular weight excluding hydrogens is 270 g/mol. The number of carboxylic acid groups (broad SMARTS) is 1. The van der Waals surface area contributed by atoms with Crippen LogP contribution in [0, 0.1) is 5.92 Å². The van der Waals surface area contributed by atoms with Crippen LogP contribution in [-0.2, 0) is 9.53 Å². The summed E-state index contributed by atoms with van der Waals surface area (Å²) in [6.45, 7) is 2.38. The fourth-order valence-electron chi connectivity index (χ4n) is 2.10. The third kappa shape index (κ3) is 3.05. The normalized spacial score (nSPS) is 22.2. The molecule has 6 heteroatoms. The second-order valence-electron chi connectivity index (χ2n) is 4.46. The van der Waals surface area contributed by atoms with Gasteiger partial charge in [-0.1, -0.05) is 11.6 Å². The van der Waals surface area contributed by atoms with Crippen molar-refractivity contribution in [1.29, 1.82) is 0 Å². The molecule has 1 saturated heterocycles. The maximum absolute atomic E-state index is 12.1. The quantitative estimate of drug-likeness (QED) is 0.893. The molecule has 2 rings (SSSR count). The van der Waals surface area contributed by atoms with Gasteiger partial charge in [-0.25, -0.2) is 4.79 Å². The molecule has 1 fully saturated rings. The first-order valence-corrected chi connectivity index (χ1v) is 6.32. The molecule has 0 spiro atoms. The van der Waals surface area contributed by atoms with Crippen LogP contribution in [-0.4, -0.2) is 29.7 Å². The molecule has 1 amide bonds. The number of hydrogen-bond acceptors (Lipinski definition) is 3. The van der Waals surface area contributed by atoms with Gasteiger partial charge >= 0.3 is 5.97 Å². The van der Waals surface area contributed by atoms with Gasteiger partial charge in [-0.3, -0.25) is 4.79 Å². The molecular formula is C13H14ClNO4. The van der Waals surface area contributed by atoms with Gasteiger partial charge in [-0.15, -0.1) is 0 Å². The summed E-state index contributed by atoms with van der Waals surface area (Å²) in [6, 6.07) is 4.34. The highest BCUT2D eigenvalue weighted by molar-refractivity contribution is 6.31. The average molecular weight is 284 g/mol. The number of amides is 1. The SMILES string of the molecule is CC1OCCC1C(=O)Nc1ccc(Cl)cc1C(=O)O. The van der Waals surface area contributed by atoms with Crippen molar-refractivity contribution in [2.45, 2.75) is 19.4 Å². The predicted octanol–water partition coefficient (Wildman–Crippen LogP) is 2.40. The summed E-state index contributed by atoms with van der Waals surface area (Å²) in [5.74, 6) is -1.61. The van der Waals surface area contributed by atoms with E-state index >= 15 is 0 Å². The molecule has 2 unspecified atom stereocenters. The van der Waals surface area contributed by atoms with Gasteiger partial charge in [0.2, 0.25) is 5.91 Å². The van der Waals surface area contributed by atoms with Crippen molar-refractivity contribution in [1.82, 2.24) is 0 Å². The Bertz CT molecular complexity index is 517. The zero-order valence-electron chi connectivity index (χ0n) is 10.4. The van der Waals surface area contributed by atoms with E-state index in [1.807, 2.05) is 6.92 Å². The molecule has 1 aliphatic heterocycles. The summed E-state index contributed by atoms with van der Waals surface area (Å²) in [4.78, 5) is 23.2. The van der Waals surface area contributed by atoms with E-state index in [2.05, 4.69) is 5.32 Å². The van der Waals surface area contributed by atoms with Crippen molar-refractivity contribution >= 4 is 29.2 Å². The number of halogens is 1. The minimum atomic E-state index is -1.13. The summed E-state index contributed by atoms with van der Waals surface area (Å²) in [5.41, 5.74) is 0.230. The standard InChI is InChI=1S/C13H14ClNO4/c1-7-9(4-5-19-7)12(16)15-11-3-2-8(14)6-10(11)13(17)18/h2-3,6-7,9H,4-5H2,1H3,(H,15,16)(H,17,18). The van der Waals surface area contributed by atoms with Gasteiger partial charge in [0.05, 0.1) is 23.3 Å². The van der Waals surface area contributed by atoms with Crippen molar-refractivity contribution in [3.8, 4) is 0 Å². The molecule has 0 saturated carbocycles. The van der Waals surface area contributed by atoms with Crippen LogP contribution < -0.4 is 5.32 Å². The molecule has 0 aromatic heterocycles. The summed E-state index contributed by atoms with van der Waals surface area (Å²) in [5, 5.41) is 12.0. The molecule has 1 aromatic carbocycles. The monoisotopic (exact) mass is 283 g/mol. The maximum Gasteiger partial charge on any atom is 0.337 e. The van der Waals surface area contributed by atoms with E-state index in [0.717, 1.165) is 0 Å². The molecule has 1 aliphatic rings. The van der Waals surface area contributed by atoms with E-state index in [0.29, 0.717) is 18.1 Å². The molecule has 5 nitrogen and oxygen atoms in total. The molecule has 0 bridgehead atoms. The summed E-state index contributed by atoms with van der Waals surface area (Å²) < 4.78 is 5.32. The number of nitrogens with one attached hydrogen (secondary N) is 1. The number of aromatic carboxylic acids is 1. The third-order valence-electron chi connectivity index (χ3n) is 3.18. The molecule has 102 valence electrons. The first-order chi connectivity index (χ1) is 8.99. The highest BCUT2D eigenvalue weighted by Gasteiger charge is 2.31. The number of hydrogen-bond donors (Lipinski definition) is 2. The molecule has 1 aromatic rings. The minimum absolute atomic E-state index is 0.0209. The van der Waals surface area contributed by atoms with Gasteiger partial charge in [0.25, 0.3) is 0 Å². The zero-order valence-corrected chi connectivity index (χ0v) is 11.1. The Labute approximate surface area is 115 Å². The summed E-state index contributed by atoms with van der Waals surface area (Å²) >= 11 is 5.75. The number of carboxylic acids is 1. The Hall–Kier alpha value is -1.59. The van der Waals surface area contributed by atoms with E-state index in [4.69, 9.17) is 21.4 Å². The van der Waals surface area contributed by atoms with E-state index in [1.165, 1.54) is 18.2 Å². The number of carbonyl (C=O) groups excluding carboxylic acids is 1. The van der Waals surface area contributed by atoms with Crippen LogP contribution in [0.2, 0.25) is 5.02 Å². The summed E-state index contributed by atoms with van der Waals surface area (Å²) in [6.07, 6.45) is 0.490. The predicted molar refractivity (Wildman–Crippen MR) is 70.6 cm³/mol. The van der Waals surface area contributed by atoms with E-state index in [1.54, 1.807) is 0 Å². The van der Waals surface area contributed by atoms with E-state index in [9.17, 15) is 9.59 Å². The van der Waals surface area contributed by atoms with Crippen LogP contribution >= 0.6 is 11.6 Å². The van der Waals surface area contributed by atoms with Crippen LogP contribution in [0.15, 0.2) is 18.2 Å². The van der Waals surface area contributed by atoms with Crippen molar-refractivity contribution in [2.24, 2.45) is 5.92 Å². The lowest BCUT2D eigenvalue weighted by molar-refractivity contribution is -0.121. The zero-order chi connectivity index (χ0) is 14.0. The largest absolute Gasteiger partial charge is 0.478 e. The van der Waals surface area contributed by atoms with E-state index < -0.39 is 5.97 Å². The van der Waals surface area contributed by atoms with Gasteiger partial charge in [-0.05, 0) is 31.5 Å². The highest BCUT2D eigenvalue weighted by atomic mass is 35.5. The van der Waals surface area contributed by atoms with Crippen molar-refractivity contribution in [3.05, 3.63) is 28.8 Å². The molecule has 0 radical (unpaired) electrons. The summed E-state index contributed by atoms with van der Waals surface area (Å²) in [7, 11) is 0. The fraction of sp³-hybridized carbons (Fsp3) is 0.385. The lowest BCUT2D eigenvalue weighted by Crippen LogP contribution is -2.28. The lowest BCUT2D eigenvalue weighted by Gasteiger charge is -2.15. The Balaban J connectivity index is 2.19. The van der Waals surface area contributed by atoms with Gasteiger partial charge in [0.15, 0.2) is 0 Å². The molecule has 2 N–H and O–H groups in total. The maximum atomic E-state index is 12.1. The second-order valence-corrected chi connectivity index (χ2v) is 4.89. The molecule has 2 atom stereocenters. The van der Waals surface area contributed by atoms with Crippen LogP contribution in [0.1, 0.15) is 23.7 Å². The number of rotatable bonds is 3. The van der Waals surface area contributed by atoms with Gasteiger partial charge in [0.1, 0.15) is 0 Å². The Morgan fingerprint density at radius 1 is 1.47 bits per heavy atom. The van der Waals surface area contributed by atoms with Crippen molar-refractivity contribution in [2.75, 3.05) is 11.9 Å². The average Bonchev–Trinajstić information content (AvgIpc) is 2.77. The Morgan fingerprint density at radius 3 is 2.79 bits per heavy atom. The number of carbonyl (C=O) groups is 2. The first-order valence-electron chi connectivity index (χ1n) is 5.94. The Kier molecular flexibility index (Phi) is 4.07. The first kappa shape index (κ1) is 13.8. The molecule has 1 heterocycles. The minimum Gasteiger partial charge on any atom is -0.478 e. The lowest BCUT2D eigenvalue weighted by atomic mass is 10.0. The van der Waals surface area contributed by atoms with Crippen molar-refractivity contribution < 1.29 is 19.4 Å². The van der Waals surface area contributed by atoms with Crippen LogP contribution in [0.25, 0.3) is 0 Å². The van der Waals surface area contributed by atoms with Crippen LogP contribution in [0.5, 0.6) is 0 Å². The molecule has 0 aliphatic carbocycles. The topological polar surface area (TPSA) is 75.6 Å². The Morgan fingerprint density at radius 2 is 2.21 bits per heavy atom. The van der Waals surface area contributed by atoms with Crippen molar-refractivity contribution in [3.63, 3.8) is 0 Å². The number of anilines is 1. The van der Waals surface area contributed by atoms with Crippen LogP contribution in [0.3, 0.4) is 0 Å². The van der Waals surface area contributed by atoms with E-state index in [-0.39, 0.29) is 29.2 Å². The van der Waals surface area contributed by atoms with Gasteiger partial charge < -0.3 is 15.2 Å². The number of benzene rings is 1. The molecule has 19 heavy (non-hydrogen) atoms. The second kappa shape index (κ2) is 5.59. The van der Waals surface area contributed by atoms with Gasteiger partial charge in [-0.2, -0.15) is 0 Å². The highest BCUT2D eigenvalue weighted by Crippen LogP contribution is 2.25. The van der Waals surface area contributed by atoms with Crippen LogP contribution in [0.4, 0.5) is 5.69 Å². The smallest absolute Gasteiger partial charge is 0.337 e.